The zero-order valence-corrected chi connectivity index (χ0v) is 14.7. The molecule has 0 bridgehead atoms. The number of rotatable bonds is 6. The summed E-state index contributed by atoms with van der Waals surface area (Å²) in [6.07, 6.45) is 0.816. The van der Waals surface area contributed by atoms with Crippen LogP contribution in [0, 0.1) is 0 Å². The maximum Gasteiger partial charge on any atom is 0.275 e. The number of hydrogen-bond acceptors (Lipinski definition) is 5. The number of carbonyl (C=O) groups excluding carboxylic acids is 1. The normalized spacial score (nSPS) is 11.9. The summed E-state index contributed by atoms with van der Waals surface area (Å²) in [6, 6.07) is 12.9. The summed E-state index contributed by atoms with van der Waals surface area (Å²) in [5.74, 6) is 0.657. The molecule has 7 nitrogen and oxygen atoms in total. The van der Waals surface area contributed by atoms with E-state index in [1.807, 2.05) is 31.2 Å². The Morgan fingerprint density at radius 3 is 2.73 bits per heavy atom. The van der Waals surface area contributed by atoms with Crippen LogP contribution in [0.1, 0.15) is 18.1 Å². The van der Waals surface area contributed by atoms with Crippen LogP contribution in [-0.2, 0) is 17.6 Å². The molecule has 7 heteroatoms. The molecule has 0 radical (unpaired) electrons. The topological polar surface area (TPSA) is 97.0 Å². The summed E-state index contributed by atoms with van der Waals surface area (Å²) in [7, 11) is 1.63. The number of H-pyrrole nitrogens is 1. The van der Waals surface area contributed by atoms with E-state index in [1.165, 1.54) is 0 Å². The van der Waals surface area contributed by atoms with E-state index < -0.39 is 0 Å². The molecular weight excluding hydrogens is 332 g/mol. The molecular formula is C19H20N4O3. The van der Waals surface area contributed by atoms with Gasteiger partial charge in [0.05, 0.1) is 18.9 Å². The summed E-state index contributed by atoms with van der Waals surface area (Å²) < 4.78 is 5.14. The predicted molar refractivity (Wildman–Crippen MR) is 98.2 cm³/mol. The molecule has 0 fully saturated rings. The van der Waals surface area contributed by atoms with Crippen molar-refractivity contribution in [2.45, 2.75) is 25.8 Å². The number of aromatic nitrogens is 3. The number of benzene rings is 2. The molecule has 0 saturated carbocycles. The highest BCUT2D eigenvalue weighted by Gasteiger charge is 2.13. The lowest BCUT2D eigenvalue weighted by Gasteiger charge is -2.14. The number of aromatic amines is 1. The number of fused-ring (bicyclic) bond motifs is 1. The molecule has 2 aromatic carbocycles. The average molecular weight is 352 g/mol. The molecule has 134 valence electrons. The van der Waals surface area contributed by atoms with E-state index in [0.29, 0.717) is 22.9 Å². The third-order valence-corrected chi connectivity index (χ3v) is 4.12. The first-order valence-electron chi connectivity index (χ1n) is 8.32. The van der Waals surface area contributed by atoms with Crippen molar-refractivity contribution in [3.8, 4) is 5.75 Å². The molecule has 3 rings (SSSR count). The van der Waals surface area contributed by atoms with Crippen LogP contribution in [0.25, 0.3) is 10.9 Å². The highest BCUT2D eigenvalue weighted by Crippen LogP contribution is 2.14. The van der Waals surface area contributed by atoms with E-state index in [9.17, 15) is 9.59 Å². The lowest BCUT2D eigenvalue weighted by Crippen LogP contribution is -2.35. The second kappa shape index (κ2) is 7.77. The number of carbonyl (C=O) groups is 1. The van der Waals surface area contributed by atoms with Gasteiger partial charge in [0, 0.05) is 6.04 Å². The fraction of sp³-hybridized carbons (Fsp3) is 0.263. The maximum absolute atomic E-state index is 12.4. The van der Waals surface area contributed by atoms with Crippen molar-refractivity contribution >= 4 is 16.8 Å². The van der Waals surface area contributed by atoms with Gasteiger partial charge in [0.25, 0.3) is 5.56 Å². The van der Waals surface area contributed by atoms with Gasteiger partial charge in [-0.05, 0) is 42.7 Å². The summed E-state index contributed by atoms with van der Waals surface area (Å²) >= 11 is 0. The molecule has 1 heterocycles. The first-order chi connectivity index (χ1) is 12.6. The largest absolute Gasteiger partial charge is 0.497 e. The van der Waals surface area contributed by atoms with E-state index in [2.05, 4.69) is 20.7 Å². The van der Waals surface area contributed by atoms with Crippen LogP contribution >= 0.6 is 0 Å². The number of amides is 1. The van der Waals surface area contributed by atoms with E-state index >= 15 is 0 Å². The monoisotopic (exact) mass is 352 g/mol. The quantitative estimate of drug-likeness (QED) is 0.703. The Bertz CT molecular complexity index is 961. The molecule has 3 aromatic rings. The molecule has 1 amide bonds. The molecule has 2 N–H and O–H groups in total. The van der Waals surface area contributed by atoms with Crippen molar-refractivity contribution in [2.24, 2.45) is 0 Å². The van der Waals surface area contributed by atoms with E-state index in [-0.39, 0.29) is 23.9 Å². The average Bonchev–Trinajstić information content (AvgIpc) is 2.62. The summed E-state index contributed by atoms with van der Waals surface area (Å²) in [5.41, 5.74) is 1.87. The van der Waals surface area contributed by atoms with Gasteiger partial charge >= 0.3 is 0 Å². The molecule has 0 spiro atoms. The zero-order chi connectivity index (χ0) is 18.5. The van der Waals surface area contributed by atoms with Crippen LogP contribution < -0.4 is 15.6 Å². The van der Waals surface area contributed by atoms with Crippen LogP contribution in [0.5, 0.6) is 5.75 Å². The number of nitrogens with one attached hydrogen (secondary N) is 2. The fourth-order valence-corrected chi connectivity index (χ4v) is 2.92. The molecule has 0 saturated heterocycles. The summed E-state index contributed by atoms with van der Waals surface area (Å²) in [6.45, 7) is 1.95. The maximum atomic E-state index is 12.4. The molecule has 0 unspecified atom stereocenters. The van der Waals surface area contributed by atoms with Crippen molar-refractivity contribution in [1.82, 2.24) is 20.7 Å². The molecule has 1 atom stereocenters. The predicted octanol–water partition coefficient (Wildman–Crippen LogP) is 1.62. The third kappa shape index (κ3) is 4.05. The van der Waals surface area contributed by atoms with Crippen molar-refractivity contribution < 1.29 is 9.53 Å². The lowest BCUT2D eigenvalue weighted by molar-refractivity contribution is -0.121. The molecule has 26 heavy (non-hydrogen) atoms. The number of hydrogen-bond donors (Lipinski definition) is 2. The van der Waals surface area contributed by atoms with E-state index in [1.54, 1.807) is 25.3 Å². The van der Waals surface area contributed by atoms with Crippen LogP contribution in [0.2, 0.25) is 0 Å². The molecule has 0 aliphatic rings. The van der Waals surface area contributed by atoms with Crippen LogP contribution in [0.4, 0.5) is 0 Å². The lowest BCUT2D eigenvalue weighted by atomic mass is 10.0. The minimum Gasteiger partial charge on any atom is -0.497 e. The van der Waals surface area contributed by atoms with Gasteiger partial charge in [0.15, 0.2) is 0 Å². The van der Waals surface area contributed by atoms with Gasteiger partial charge in [-0.2, -0.15) is 0 Å². The number of nitrogens with zero attached hydrogens (tertiary/aromatic N) is 2. The Morgan fingerprint density at radius 1 is 1.23 bits per heavy atom. The Labute approximate surface area is 150 Å². The third-order valence-electron chi connectivity index (χ3n) is 4.12. The number of methoxy groups -OCH3 is 1. The van der Waals surface area contributed by atoms with Crippen LogP contribution in [-0.4, -0.2) is 34.5 Å². The summed E-state index contributed by atoms with van der Waals surface area (Å²) in [4.78, 5) is 24.4. The highest BCUT2D eigenvalue weighted by molar-refractivity contribution is 5.87. The first-order valence-corrected chi connectivity index (χ1v) is 8.32. The fourth-order valence-electron chi connectivity index (χ4n) is 2.92. The Hall–Kier alpha value is -3.22. The Morgan fingerprint density at radius 2 is 2.00 bits per heavy atom. The minimum atomic E-state index is -0.343. The second-order valence-corrected chi connectivity index (χ2v) is 6.15. The van der Waals surface area contributed by atoms with Crippen molar-refractivity contribution in [3.05, 3.63) is 63.9 Å². The van der Waals surface area contributed by atoms with E-state index in [0.717, 1.165) is 11.3 Å². The van der Waals surface area contributed by atoms with Gasteiger partial charge in [0.1, 0.15) is 11.3 Å². The Balaban J connectivity index is 1.66. The first kappa shape index (κ1) is 17.6. The van der Waals surface area contributed by atoms with Gasteiger partial charge in [-0.3, -0.25) is 9.59 Å². The van der Waals surface area contributed by atoms with E-state index in [4.69, 9.17) is 4.74 Å². The summed E-state index contributed by atoms with van der Waals surface area (Å²) in [5, 5.41) is 13.1. The highest BCUT2D eigenvalue weighted by atomic mass is 16.5. The zero-order valence-electron chi connectivity index (χ0n) is 14.7. The molecule has 0 aliphatic carbocycles. The molecule has 1 aromatic heterocycles. The minimum absolute atomic E-state index is 0.0380. The molecule has 0 aliphatic heterocycles. The van der Waals surface area contributed by atoms with Gasteiger partial charge in [-0.15, -0.1) is 5.10 Å². The van der Waals surface area contributed by atoms with Crippen molar-refractivity contribution in [1.29, 1.82) is 0 Å². The van der Waals surface area contributed by atoms with Crippen LogP contribution in [0.3, 0.4) is 0 Å². The Kier molecular flexibility index (Phi) is 5.26. The standard InChI is InChI=1S/C19H20N4O3/c1-12(10-13-6-8-15(26-2)9-7-13)20-17(24)11-14-4-3-5-16-18(14)19(25)22-23-21-16/h3-9,12H,10-11H2,1-2H3,(H,20,24)(H,21,22,25)/t12-/m1/s1. The smallest absolute Gasteiger partial charge is 0.275 e. The van der Waals surface area contributed by atoms with Crippen molar-refractivity contribution in [3.63, 3.8) is 0 Å². The van der Waals surface area contributed by atoms with Gasteiger partial charge < -0.3 is 10.1 Å². The second-order valence-electron chi connectivity index (χ2n) is 6.15. The number of ether oxygens (including phenoxy) is 1. The van der Waals surface area contributed by atoms with Crippen LogP contribution in [0.15, 0.2) is 47.3 Å². The van der Waals surface area contributed by atoms with Crippen molar-refractivity contribution in [2.75, 3.05) is 7.11 Å². The SMILES string of the molecule is COc1ccc(C[C@@H](C)NC(=O)Cc2cccc3nn[nH]c(=O)c23)cc1. The van der Waals surface area contributed by atoms with Gasteiger partial charge in [-0.25, -0.2) is 5.10 Å². The van der Waals surface area contributed by atoms with Gasteiger partial charge in [0.2, 0.25) is 5.91 Å². The van der Waals surface area contributed by atoms with Gasteiger partial charge in [-0.1, -0.05) is 29.5 Å².